The number of amides is 1. The molecule has 0 bridgehead atoms. The molecule has 0 aliphatic carbocycles. The Hall–Kier alpha value is -2.18. The number of allylic oxidation sites excluding steroid dienone is 8. The number of aliphatic hydroxyl groups excluding tert-OH is 2. The Kier molecular flexibility index (Phi) is 41.2. The number of nitrogens with one attached hydrogen (secondary N) is 1. The van der Waals surface area contributed by atoms with E-state index >= 15 is 0 Å². The first-order valence-corrected chi connectivity index (χ1v) is 23.4. The van der Waals surface area contributed by atoms with Crippen LogP contribution in [0.3, 0.4) is 0 Å². The Morgan fingerprint density at radius 2 is 1.00 bits per heavy atom. The summed E-state index contributed by atoms with van der Waals surface area (Å²) in [6, 6.07) is -0.713. The SMILES string of the molecule is CC/C=C/C/C=C/C/C=C/CCCCC(CC(=O)NC(CO)C(O)CCCCCCCCCCCCCCC)OC(=O)CCCCCCC/C=C\CCCC. The molecule has 0 radical (unpaired) electrons. The minimum Gasteiger partial charge on any atom is -0.462 e. The van der Waals surface area contributed by atoms with Gasteiger partial charge in [-0.15, -0.1) is 0 Å². The van der Waals surface area contributed by atoms with Crippen LogP contribution in [0.4, 0.5) is 0 Å². The number of ether oxygens (including phenoxy) is 1. The fourth-order valence-electron chi connectivity index (χ4n) is 6.84. The fourth-order valence-corrected chi connectivity index (χ4v) is 6.84. The summed E-state index contributed by atoms with van der Waals surface area (Å²) >= 11 is 0. The van der Waals surface area contributed by atoms with Gasteiger partial charge in [0, 0.05) is 6.42 Å². The van der Waals surface area contributed by atoms with Crippen LogP contribution in [0.1, 0.15) is 226 Å². The maximum Gasteiger partial charge on any atom is 0.306 e. The predicted molar refractivity (Wildman–Crippen MR) is 236 cm³/mol. The largest absolute Gasteiger partial charge is 0.462 e. The number of unbranched alkanes of at least 4 members (excludes halogenated alkanes) is 21. The van der Waals surface area contributed by atoms with E-state index in [0.717, 1.165) is 83.5 Å². The molecule has 0 rings (SSSR count). The molecule has 0 aromatic rings. The average Bonchev–Trinajstić information content (AvgIpc) is 3.18. The van der Waals surface area contributed by atoms with Crippen molar-refractivity contribution in [2.24, 2.45) is 0 Å². The van der Waals surface area contributed by atoms with Crippen LogP contribution in [0.5, 0.6) is 0 Å². The molecule has 0 aliphatic heterocycles. The van der Waals surface area contributed by atoms with E-state index in [2.05, 4.69) is 74.7 Å². The van der Waals surface area contributed by atoms with Crippen molar-refractivity contribution in [1.29, 1.82) is 0 Å². The van der Waals surface area contributed by atoms with E-state index in [9.17, 15) is 19.8 Å². The maximum atomic E-state index is 13.1. The van der Waals surface area contributed by atoms with Gasteiger partial charge in [-0.25, -0.2) is 0 Å². The lowest BCUT2D eigenvalue weighted by atomic mass is 10.0. The molecule has 3 atom stereocenters. The molecule has 1 amide bonds. The lowest BCUT2D eigenvalue weighted by molar-refractivity contribution is -0.151. The van der Waals surface area contributed by atoms with Crippen LogP contribution in [0.15, 0.2) is 48.6 Å². The van der Waals surface area contributed by atoms with Gasteiger partial charge in [0.15, 0.2) is 0 Å². The Balaban J connectivity index is 4.63. The van der Waals surface area contributed by atoms with Crippen molar-refractivity contribution in [2.75, 3.05) is 6.61 Å². The zero-order valence-corrected chi connectivity index (χ0v) is 36.3. The summed E-state index contributed by atoms with van der Waals surface area (Å²) in [5, 5.41) is 23.7. The van der Waals surface area contributed by atoms with E-state index in [0.29, 0.717) is 19.3 Å². The molecule has 0 saturated heterocycles. The summed E-state index contributed by atoms with van der Waals surface area (Å²) in [7, 11) is 0. The molecule has 55 heavy (non-hydrogen) atoms. The van der Waals surface area contributed by atoms with E-state index in [1.807, 2.05) is 0 Å². The monoisotopic (exact) mass is 772 g/mol. The second kappa shape index (κ2) is 43.0. The Labute approximate surface area is 340 Å². The van der Waals surface area contributed by atoms with Crippen molar-refractivity contribution >= 4 is 11.9 Å². The Bertz CT molecular complexity index is 957. The van der Waals surface area contributed by atoms with Gasteiger partial charge in [0.2, 0.25) is 5.91 Å². The zero-order valence-electron chi connectivity index (χ0n) is 36.3. The molecule has 0 spiro atoms. The third kappa shape index (κ3) is 38.5. The number of esters is 1. The highest BCUT2D eigenvalue weighted by atomic mass is 16.5. The molecule has 0 aromatic carbocycles. The van der Waals surface area contributed by atoms with Crippen LogP contribution in [0.2, 0.25) is 0 Å². The Morgan fingerprint density at radius 1 is 0.545 bits per heavy atom. The van der Waals surface area contributed by atoms with Crippen molar-refractivity contribution in [3.05, 3.63) is 48.6 Å². The van der Waals surface area contributed by atoms with E-state index < -0.39 is 18.2 Å². The highest BCUT2D eigenvalue weighted by Crippen LogP contribution is 2.17. The number of carbonyl (C=O) groups excluding carboxylic acids is 2. The smallest absolute Gasteiger partial charge is 0.306 e. The summed E-state index contributed by atoms with van der Waals surface area (Å²) in [6.07, 6.45) is 50.3. The molecule has 3 N–H and O–H groups in total. The van der Waals surface area contributed by atoms with Crippen LogP contribution in [0, 0.1) is 0 Å². The first-order chi connectivity index (χ1) is 27.0. The highest BCUT2D eigenvalue weighted by molar-refractivity contribution is 5.77. The summed E-state index contributed by atoms with van der Waals surface area (Å²) in [4.78, 5) is 26.0. The van der Waals surface area contributed by atoms with Gasteiger partial charge >= 0.3 is 5.97 Å². The normalized spacial score (nSPS) is 13.8. The topological polar surface area (TPSA) is 95.9 Å². The number of carbonyl (C=O) groups is 2. The quantitative estimate of drug-likeness (QED) is 0.0327. The molecule has 0 heterocycles. The average molecular weight is 772 g/mol. The first kappa shape index (κ1) is 52.8. The lowest BCUT2D eigenvalue weighted by Gasteiger charge is -2.24. The molecular weight excluding hydrogens is 683 g/mol. The number of aliphatic hydroxyl groups is 2. The van der Waals surface area contributed by atoms with Crippen LogP contribution >= 0.6 is 0 Å². The first-order valence-electron chi connectivity index (χ1n) is 23.4. The van der Waals surface area contributed by atoms with Crippen LogP contribution in [-0.2, 0) is 14.3 Å². The Morgan fingerprint density at radius 3 is 1.58 bits per heavy atom. The standard InChI is InChI=1S/C49H89NO5/c1-4-7-10-13-16-19-22-24-27-29-32-35-38-41-47(52)46(44-51)50-48(53)43-45(40-37-34-31-28-26-23-20-17-14-11-8-5-2)55-49(54)42-39-36-33-30-25-21-18-15-12-9-6-3/h8,11,15,17-18,20,26,28,45-47,51-52H,4-7,9-10,12-14,16,19,21-25,27,29-44H2,1-3H3,(H,50,53)/b11-8+,18-15-,20-17+,28-26+. The number of hydrogen-bond acceptors (Lipinski definition) is 5. The molecule has 6 heteroatoms. The second-order valence-electron chi connectivity index (χ2n) is 15.8. The summed E-state index contributed by atoms with van der Waals surface area (Å²) in [6.45, 7) is 6.31. The van der Waals surface area contributed by atoms with Crippen molar-refractivity contribution in [3.63, 3.8) is 0 Å². The maximum absolute atomic E-state index is 13.1. The number of hydrogen-bond donors (Lipinski definition) is 3. The van der Waals surface area contributed by atoms with Crippen LogP contribution in [-0.4, -0.2) is 46.9 Å². The van der Waals surface area contributed by atoms with Gasteiger partial charge in [0.25, 0.3) is 0 Å². The zero-order chi connectivity index (χ0) is 40.3. The third-order valence-corrected chi connectivity index (χ3v) is 10.4. The van der Waals surface area contributed by atoms with Gasteiger partial charge in [-0.3, -0.25) is 9.59 Å². The second-order valence-corrected chi connectivity index (χ2v) is 15.8. The summed E-state index contributed by atoms with van der Waals surface area (Å²) in [5.74, 6) is -0.524. The van der Waals surface area contributed by atoms with Crippen molar-refractivity contribution in [3.8, 4) is 0 Å². The van der Waals surface area contributed by atoms with Crippen LogP contribution in [0.25, 0.3) is 0 Å². The summed E-state index contributed by atoms with van der Waals surface area (Å²) < 4.78 is 5.87. The minimum atomic E-state index is -0.797. The minimum absolute atomic E-state index is 0.0482. The molecule has 320 valence electrons. The lowest BCUT2D eigenvalue weighted by Crippen LogP contribution is -2.46. The molecule has 6 nitrogen and oxygen atoms in total. The van der Waals surface area contributed by atoms with E-state index in [4.69, 9.17) is 4.74 Å². The predicted octanol–water partition coefficient (Wildman–Crippen LogP) is 13.5. The molecule has 0 aliphatic rings. The molecule has 0 fully saturated rings. The van der Waals surface area contributed by atoms with Gasteiger partial charge in [0.05, 0.1) is 25.2 Å². The van der Waals surface area contributed by atoms with Gasteiger partial charge in [-0.1, -0.05) is 185 Å². The van der Waals surface area contributed by atoms with E-state index in [1.165, 1.54) is 96.3 Å². The van der Waals surface area contributed by atoms with E-state index in [-0.39, 0.29) is 24.9 Å². The number of rotatable bonds is 41. The third-order valence-electron chi connectivity index (χ3n) is 10.4. The highest BCUT2D eigenvalue weighted by Gasteiger charge is 2.24. The molecule has 0 saturated carbocycles. The van der Waals surface area contributed by atoms with Gasteiger partial charge < -0.3 is 20.3 Å². The van der Waals surface area contributed by atoms with Gasteiger partial charge in [-0.2, -0.15) is 0 Å². The van der Waals surface area contributed by atoms with Crippen LogP contribution < -0.4 is 5.32 Å². The fraction of sp³-hybridized carbons (Fsp3) is 0.796. The van der Waals surface area contributed by atoms with Gasteiger partial charge in [0.1, 0.15) is 6.10 Å². The molecule has 3 unspecified atom stereocenters. The van der Waals surface area contributed by atoms with Gasteiger partial charge in [-0.05, 0) is 77.0 Å². The van der Waals surface area contributed by atoms with Crippen molar-refractivity contribution in [1.82, 2.24) is 5.32 Å². The van der Waals surface area contributed by atoms with E-state index in [1.54, 1.807) is 0 Å². The molecule has 0 aromatic heterocycles. The van der Waals surface area contributed by atoms with Crippen molar-refractivity contribution < 1.29 is 24.5 Å². The summed E-state index contributed by atoms with van der Waals surface area (Å²) in [5.41, 5.74) is 0. The molecular formula is C49H89NO5. The van der Waals surface area contributed by atoms with Crippen molar-refractivity contribution in [2.45, 2.75) is 244 Å².